The molecule has 1 fully saturated rings. The molecule has 1 amide bonds. The number of nitrogens with one attached hydrogen (secondary N) is 1. The molecule has 1 aliphatic rings. The Balaban J connectivity index is 1.68. The first-order chi connectivity index (χ1) is 17.2. The quantitative estimate of drug-likeness (QED) is 0.330. The maximum absolute atomic E-state index is 14.2. The Morgan fingerprint density at radius 3 is 2.81 bits per heavy atom. The van der Waals surface area contributed by atoms with Crippen molar-refractivity contribution >= 4 is 56.1 Å². The summed E-state index contributed by atoms with van der Waals surface area (Å²) in [5, 5.41) is 13.5. The van der Waals surface area contributed by atoms with Crippen LogP contribution in [0.4, 0.5) is 10.2 Å². The molecule has 2 atom stereocenters. The van der Waals surface area contributed by atoms with E-state index >= 15 is 0 Å². The van der Waals surface area contributed by atoms with Crippen molar-refractivity contribution in [1.29, 1.82) is 0 Å². The Hall–Kier alpha value is -2.71. The van der Waals surface area contributed by atoms with Crippen LogP contribution in [0.1, 0.15) is 53.1 Å². The van der Waals surface area contributed by atoms with Crippen molar-refractivity contribution in [3.05, 3.63) is 68.7 Å². The largest absolute Gasteiger partial charge is 0.481 e. The number of carbonyl (C=O) groups excluding carboxylic acids is 1. The lowest BCUT2D eigenvalue weighted by Gasteiger charge is -2.32. The van der Waals surface area contributed by atoms with Crippen LogP contribution in [0.15, 0.2) is 46.9 Å². The Morgan fingerprint density at radius 1 is 1.31 bits per heavy atom. The van der Waals surface area contributed by atoms with Gasteiger partial charge >= 0.3 is 5.97 Å². The second-order valence-electron chi connectivity index (χ2n) is 9.14. The number of carbonyl (C=O) groups is 2. The van der Waals surface area contributed by atoms with Crippen LogP contribution in [0.2, 0.25) is 5.02 Å². The van der Waals surface area contributed by atoms with Crippen LogP contribution in [0, 0.1) is 6.92 Å². The number of amides is 1. The van der Waals surface area contributed by atoms with Gasteiger partial charge in [0.25, 0.3) is 5.91 Å². The van der Waals surface area contributed by atoms with Gasteiger partial charge in [0, 0.05) is 45.9 Å². The maximum atomic E-state index is 14.2. The molecule has 2 aromatic carbocycles. The summed E-state index contributed by atoms with van der Waals surface area (Å²) in [6, 6.07) is 12.8. The van der Waals surface area contributed by atoms with Gasteiger partial charge in [0.05, 0.1) is 17.6 Å². The van der Waals surface area contributed by atoms with Crippen molar-refractivity contribution in [2.75, 3.05) is 24.5 Å². The molecule has 0 unspecified atom stereocenters. The van der Waals surface area contributed by atoms with Gasteiger partial charge in [-0.05, 0) is 56.0 Å². The van der Waals surface area contributed by atoms with Crippen molar-refractivity contribution < 1.29 is 19.1 Å². The fourth-order valence-corrected chi connectivity index (χ4v) is 5.46. The Bertz CT molecular complexity index is 1290. The third-order valence-electron chi connectivity index (χ3n) is 6.62. The minimum Gasteiger partial charge on any atom is -0.481 e. The van der Waals surface area contributed by atoms with Crippen LogP contribution < -0.4 is 10.2 Å². The molecule has 1 aromatic heterocycles. The minimum absolute atomic E-state index is 0.0422. The van der Waals surface area contributed by atoms with Gasteiger partial charge in [0.2, 0.25) is 0 Å². The third kappa shape index (κ3) is 5.98. The van der Waals surface area contributed by atoms with Crippen molar-refractivity contribution in [3.63, 3.8) is 0 Å². The first-order valence-corrected chi connectivity index (χ1v) is 13.1. The van der Waals surface area contributed by atoms with Crippen LogP contribution in [0.25, 0.3) is 10.9 Å². The number of alkyl halides is 1. The van der Waals surface area contributed by atoms with Crippen LogP contribution >= 0.6 is 27.5 Å². The lowest BCUT2D eigenvalue weighted by Crippen LogP contribution is -2.38. The molecule has 1 saturated heterocycles. The van der Waals surface area contributed by atoms with E-state index in [2.05, 4.69) is 21.2 Å². The van der Waals surface area contributed by atoms with E-state index in [-0.39, 0.29) is 31.3 Å². The van der Waals surface area contributed by atoms with E-state index in [0.717, 1.165) is 16.5 Å². The van der Waals surface area contributed by atoms with E-state index in [1.165, 1.54) is 0 Å². The molecule has 0 saturated carbocycles. The number of halogens is 3. The van der Waals surface area contributed by atoms with Gasteiger partial charge in [-0.2, -0.15) is 0 Å². The van der Waals surface area contributed by atoms with Gasteiger partial charge in [-0.3, -0.25) is 9.59 Å². The highest BCUT2D eigenvalue weighted by Crippen LogP contribution is 2.33. The number of carboxylic acids is 1. The number of hydrogen-bond donors (Lipinski definition) is 2. The van der Waals surface area contributed by atoms with E-state index in [1.54, 1.807) is 6.07 Å². The molecule has 6 nitrogen and oxygen atoms in total. The van der Waals surface area contributed by atoms with E-state index in [1.807, 2.05) is 48.2 Å². The van der Waals surface area contributed by atoms with E-state index in [4.69, 9.17) is 16.6 Å². The van der Waals surface area contributed by atoms with Gasteiger partial charge < -0.3 is 15.3 Å². The summed E-state index contributed by atoms with van der Waals surface area (Å²) in [5.74, 6) is -0.851. The standard InChI is InChI=1S/C27H28BrClFN3O3/c1-16-25(27(36)31-14-17(8-11-24(34)35)20-6-2-3-7-22(20)29)21-13-18(28)9-10-23(21)32-26(16)33-12-4-5-19(30)15-33/h2-3,6-7,9-10,13,17,19H,4-5,8,11-12,14-15H2,1H3,(H,31,36)(H,34,35)/t17-,19+/m0/s1. The summed E-state index contributed by atoms with van der Waals surface area (Å²) in [7, 11) is 0. The molecule has 2 heterocycles. The first kappa shape index (κ1) is 26.4. The molecule has 4 rings (SSSR count). The van der Waals surface area contributed by atoms with Gasteiger partial charge in [-0.15, -0.1) is 0 Å². The minimum atomic E-state index is -0.927. The number of aliphatic carboxylic acids is 1. The molecule has 9 heteroatoms. The van der Waals surface area contributed by atoms with Gasteiger partial charge in [-0.1, -0.05) is 45.7 Å². The predicted molar refractivity (Wildman–Crippen MR) is 144 cm³/mol. The van der Waals surface area contributed by atoms with E-state index in [9.17, 15) is 19.1 Å². The summed E-state index contributed by atoms with van der Waals surface area (Å²) < 4.78 is 15.0. The van der Waals surface area contributed by atoms with Gasteiger partial charge in [0.15, 0.2) is 0 Å². The zero-order valence-corrected chi connectivity index (χ0v) is 22.3. The molecule has 0 radical (unpaired) electrons. The number of rotatable bonds is 8. The van der Waals surface area contributed by atoms with Crippen molar-refractivity contribution in [1.82, 2.24) is 10.3 Å². The van der Waals surface area contributed by atoms with Crippen molar-refractivity contribution in [3.8, 4) is 0 Å². The molecule has 190 valence electrons. The number of fused-ring (bicyclic) bond motifs is 1. The molecule has 2 N–H and O–H groups in total. The molecule has 0 spiro atoms. The fraction of sp³-hybridized carbons (Fsp3) is 0.370. The zero-order valence-electron chi connectivity index (χ0n) is 19.9. The number of aromatic nitrogens is 1. The summed E-state index contributed by atoms with van der Waals surface area (Å²) in [6.45, 7) is 3.00. The molecular weight excluding hydrogens is 549 g/mol. The normalized spacial score (nSPS) is 16.7. The lowest BCUT2D eigenvalue weighted by molar-refractivity contribution is -0.137. The fourth-order valence-electron chi connectivity index (χ4n) is 4.81. The topological polar surface area (TPSA) is 82.5 Å². The number of pyridine rings is 1. The molecule has 36 heavy (non-hydrogen) atoms. The SMILES string of the molecule is Cc1c(N2CCC[C@@H](F)C2)nc2ccc(Br)cc2c1C(=O)NC[C@H](CCC(=O)O)c1ccccc1Cl. The second kappa shape index (κ2) is 11.6. The Morgan fingerprint density at radius 2 is 2.08 bits per heavy atom. The highest BCUT2D eigenvalue weighted by Gasteiger charge is 2.26. The number of anilines is 1. The maximum Gasteiger partial charge on any atom is 0.303 e. The summed E-state index contributed by atoms with van der Waals surface area (Å²) >= 11 is 9.88. The first-order valence-electron chi connectivity index (χ1n) is 12.0. The van der Waals surface area contributed by atoms with Crippen LogP contribution in [0.3, 0.4) is 0 Å². The second-order valence-corrected chi connectivity index (χ2v) is 10.5. The van der Waals surface area contributed by atoms with Crippen LogP contribution in [-0.4, -0.2) is 47.8 Å². The summed E-state index contributed by atoms with van der Waals surface area (Å²) in [6.07, 6.45) is 0.620. The number of hydrogen-bond acceptors (Lipinski definition) is 4. The molecule has 1 aliphatic heterocycles. The number of nitrogens with zero attached hydrogens (tertiary/aromatic N) is 2. The third-order valence-corrected chi connectivity index (χ3v) is 7.45. The lowest BCUT2D eigenvalue weighted by atomic mass is 9.93. The van der Waals surface area contributed by atoms with E-state index < -0.39 is 12.1 Å². The van der Waals surface area contributed by atoms with Crippen molar-refractivity contribution in [2.45, 2.75) is 44.7 Å². The van der Waals surface area contributed by atoms with Gasteiger partial charge in [-0.25, -0.2) is 9.37 Å². The monoisotopic (exact) mass is 575 g/mol. The average molecular weight is 577 g/mol. The number of piperidine rings is 1. The highest BCUT2D eigenvalue weighted by atomic mass is 79.9. The number of carboxylic acid groups (broad SMARTS) is 1. The van der Waals surface area contributed by atoms with Gasteiger partial charge in [0.1, 0.15) is 12.0 Å². The Kier molecular flexibility index (Phi) is 8.46. The van der Waals surface area contributed by atoms with Crippen LogP contribution in [-0.2, 0) is 4.79 Å². The predicted octanol–water partition coefficient (Wildman–Crippen LogP) is 6.28. The average Bonchev–Trinajstić information content (AvgIpc) is 2.84. The molecule has 0 aliphatic carbocycles. The molecule has 3 aromatic rings. The summed E-state index contributed by atoms with van der Waals surface area (Å²) in [5.41, 5.74) is 2.61. The van der Waals surface area contributed by atoms with Crippen molar-refractivity contribution in [2.24, 2.45) is 0 Å². The molecular formula is C27H28BrClFN3O3. The molecule has 0 bridgehead atoms. The van der Waals surface area contributed by atoms with Crippen LogP contribution in [0.5, 0.6) is 0 Å². The smallest absolute Gasteiger partial charge is 0.303 e. The van der Waals surface area contributed by atoms with E-state index in [0.29, 0.717) is 52.3 Å². The summed E-state index contributed by atoms with van der Waals surface area (Å²) in [4.78, 5) is 31.6. The number of benzene rings is 2. The zero-order chi connectivity index (χ0) is 25.8. The highest BCUT2D eigenvalue weighted by molar-refractivity contribution is 9.10. The Labute approximate surface area is 223 Å².